The van der Waals surface area contributed by atoms with Crippen molar-refractivity contribution >= 4 is 35.6 Å². The lowest BCUT2D eigenvalue weighted by Gasteiger charge is -2.11. The molecule has 1 unspecified atom stereocenters. The minimum absolute atomic E-state index is 0. The van der Waals surface area contributed by atoms with Crippen molar-refractivity contribution in [3.63, 3.8) is 0 Å². The van der Waals surface area contributed by atoms with E-state index in [-0.39, 0.29) is 24.0 Å². The molecule has 0 saturated carbocycles. The zero-order valence-electron chi connectivity index (χ0n) is 14.5. The molecule has 3 N–H and O–H groups in total. The van der Waals surface area contributed by atoms with Crippen LogP contribution in [0.4, 0.5) is 5.69 Å². The highest BCUT2D eigenvalue weighted by Gasteiger charge is 2.03. The van der Waals surface area contributed by atoms with Crippen LogP contribution in [0.2, 0.25) is 0 Å². The molecule has 4 nitrogen and oxygen atoms in total. The lowest BCUT2D eigenvalue weighted by Crippen LogP contribution is -2.22. The number of aliphatic imine (C=N–C) groups is 1. The number of para-hydroxylation sites is 1. The Labute approximate surface area is 161 Å². The Kier molecular flexibility index (Phi) is 8.60. The lowest BCUT2D eigenvalue weighted by atomic mass is 9.99. The summed E-state index contributed by atoms with van der Waals surface area (Å²) in [6.07, 6.45) is 1.13. The first kappa shape index (κ1) is 20.3. The molecule has 0 bridgehead atoms. The van der Waals surface area contributed by atoms with Crippen molar-refractivity contribution in [2.45, 2.75) is 32.7 Å². The lowest BCUT2D eigenvalue weighted by molar-refractivity contribution is 0.410. The second-order valence-electron chi connectivity index (χ2n) is 5.57. The molecule has 0 saturated heterocycles. The number of nitrogens with two attached hydrogens (primary N) is 1. The predicted octanol–water partition coefficient (Wildman–Crippen LogP) is 4.75. The molecular formula is C19H26IN3O. The molecule has 0 spiro atoms. The number of halogens is 1. The molecule has 5 heteroatoms. The van der Waals surface area contributed by atoms with E-state index in [4.69, 9.17) is 10.5 Å². The molecule has 0 heterocycles. The molecule has 0 aliphatic heterocycles. The van der Waals surface area contributed by atoms with Crippen molar-refractivity contribution in [1.29, 1.82) is 0 Å². The zero-order valence-corrected chi connectivity index (χ0v) is 16.8. The number of rotatable bonds is 6. The molecule has 2 aromatic carbocycles. The summed E-state index contributed by atoms with van der Waals surface area (Å²) in [5, 5.41) is 3.12. The van der Waals surface area contributed by atoms with Crippen molar-refractivity contribution in [1.82, 2.24) is 0 Å². The molecule has 2 rings (SSSR count). The fourth-order valence-corrected chi connectivity index (χ4v) is 2.32. The van der Waals surface area contributed by atoms with Crippen molar-refractivity contribution in [2.24, 2.45) is 10.7 Å². The standard InChI is InChI=1S/C19H25N3O.HI/c1-4-14(2)15-9-11-17(12-10-15)22-19(20)21-13-16-7-5-6-8-18(16)23-3;/h5-12,14H,4,13H2,1-3H3,(H3,20,21,22);1H. The maximum atomic E-state index is 5.97. The third-order valence-electron chi connectivity index (χ3n) is 3.98. The minimum Gasteiger partial charge on any atom is -0.496 e. The highest BCUT2D eigenvalue weighted by Crippen LogP contribution is 2.21. The zero-order chi connectivity index (χ0) is 16.7. The van der Waals surface area contributed by atoms with Crippen LogP contribution in [0.3, 0.4) is 0 Å². The Bertz CT molecular complexity index is 656. The first-order valence-electron chi connectivity index (χ1n) is 7.92. The van der Waals surface area contributed by atoms with Gasteiger partial charge >= 0.3 is 0 Å². The van der Waals surface area contributed by atoms with Crippen molar-refractivity contribution < 1.29 is 4.74 Å². The number of hydrogen-bond acceptors (Lipinski definition) is 2. The highest BCUT2D eigenvalue weighted by molar-refractivity contribution is 14.0. The summed E-state index contributed by atoms with van der Waals surface area (Å²) in [6.45, 7) is 4.90. The van der Waals surface area contributed by atoms with Gasteiger partial charge in [-0.2, -0.15) is 0 Å². The quantitative estimate of drug-likeness (QED) is 0.388. The molecule has 0 amide bonds. The van der Waals surface area contributed by atoms with E-state index in [2.05, 4.69) is 36.3 Å². The molecule has 1 atom stereocenters. The molecule has 24 heavy (non-hydrogen) atoms. The minimum atomic E-state index is 0. The Hall–Kier alpha value is -1.76. The Balaban J connectivity index is 0.00000288. The average molecular weight is 439 g/mol. The second-order valence-corrected chi connectivity index (χ2v) is 5.57. The van der Waals surface area contributed by atoms with E-state index in [1.165, 1.54) is 5.56 Å². The molecule has 0 fully saturated rings. The Morgan fingerprint density at radius 1 is 1.17 bits per heavy atom. The summed E-state index contributed by atoms with van der Waals surface area (Å²) in [6, 6.07) is 16.1. The normalized spacial score (nSPS) is 12.2. The van der Waals surface area contributed by atoms with Gasteiger partial charge in [0.25, 0.3) is 0 Å². The van der Waals surface area contributed by atoms with Crippen LogP contribution in [0.25, 0.3) is 0 Å². The number of benzene rings is 2. The number of hydrogen-bond donors (Lipinski definition) is 2. The van der Waals surface area contributed by atoms with Crippen LogP contribution in [-0.2, 0) is 6.54 Å². The third kappa shape index (κ3) is 5.70. The van der Waals surface area contributed by atoms with Gasteiger partial charge in [-0.15, -0.1) is 24.0 Å². The van der Waals surface area contributed by atoms with Crippen LogP contribution in [-0.4, -0.2) is 13.1 Å². The molecule has 0 aromatic heterocycles. The van der Waals surface area contributed by atoms with Crippen molar-refractivity contribution in [3.8, 4) is 5.75 Å². The van der Waals surface area contributed by atoms with Gasteiger partial charge in [0.05, 0.1) is 13.7 Å². The van der Waals surface area contributed by atoms with Crippen LogP contribution < -0.4 is 15.8 Å². The average Bonchev–Trinajstić information content (AvgIpc) is 2.60. The molecule has 2 aromatic rings. The number of anilines is 1. The maximum Gasteiger partial charge on any atom is 0.193 e. The maximum absolute atomic E-state index is 5.97. The Morgan fingerprint density at radius 2 is 1.83 bits per heavy atom. The van der Waals surface area contributed by atoms with E-state index >= 15 is 0 Å². The van der Waals surface area contributed by atoms with Gasteiger partial charge in [0.1, 0.15) is 5.75 Å². The third-order valence-corrected chi connectivity index (χ3v) is 3.98. The van der Waals surface area contributed by atoms with Gasteiger partial charge in [0, 0.05) is 11.3 Å². The van der Waals surface area contributed by atoms with Crippen molar-refractivity contribution in [3.05, 3.63) is 59.7 Å². The van der Waals surface area contributed by atoms with Crippen LogP contribution >= 0.6 is 24.0 Å². The van der Waals surface area contributed by atoms with Crippen molar-refractivity contribution in [2.75, 3.05) is 12.4 Å². The summed E-state index contributed by atoms with van der Waals surface area (Å²) in [4.78, 5) is 4.38. The first-order chi connectivity index (χ1) is 11.1. The SMILES string of the molecule is CCC(C)c1ccc(NC(N)=NCc2ccccc2OC)cc1.I. The molecule has 0 radical (unpaired) electrons. The van der Waals surface area contributed by atoms with E-state index in [0.29, 0.717) is 18.4 Å². The number of nitrogens with one attached hydrogen (secondary N) is 1. The predicted molar refractivity (Wildman–Crippen MR) is 113 cm³/mol. The summed E-state index contributed by atoms with van der Waals surface area (Å²) >= 11 is 0. The second kappa shape index (κ2) is 10.2. The van der Waals surface area contributed by atoms with Crippen LogP contribution in [0.5, 0.6) is 5.75 Å². The van der Waals surface area contributed by atoms with Gasteiger partial charge in [0.2, 0.25) is 0 Å². The monoisotopic (exact) mass is 439 g/mol. The summed E-state index contributed by atoms with van der Waals surface area (Å²) in [5.41, 5.74) is 9.25. The highest BCUT2D eigenvalue weighted by atomic mass is 127. The largest absolute Gasteiger partial charge is 0.496 e. The number of methoxy groups -OCH3 is 1. The Morgan fingerprint density at radius 3 is 2.46 bits per heavy atom. The van der Waals surface area contributed by atoms with Gasteiger partial charge in [-0.25, -0.2) is 4.99 Å². The van der Waals surface area contributed by atoms with Gasteiger partial charge < -0.3 is 15.8 Å². The smallest absolute Gasteiger partial charge is 0.193 e. The molecule has 130 valence electrons. The molecule has 0 aliphatic rings. The van der Waals surface area contributed by atoms with E-state index in [0.717, 1.165) is 23.4 Å². The fourth-order valence-electron chi connectivity index (χ4n) is 2.32. The summed E-state index contributed by atoms with van der Waals surface area (Å²) in [5.74, 6) is 1.79. The fraction of sp³-hybridized carbons (Fsp3) is 0.316. The summed E-state index contributed by atoms with van der Waals surface area (Å²) in [7, 11) is 1.66. The van der Waals surface area contributed by atoms with E-state index < -0.39 is 0 Å². The molecular weight excluding hydrogens is 413 g/mol. The van der Waals surface area contributed by atoms with Crippen LogP contribution in [0.15, 0.2) is 53.5 Å². The number of nitrogens with zero attached hydrogens (tertiary/aromatic N) is 1. The van der Waals surface area contributed by atoms with Crippen LogP contribution in [0, 0.1) is 0 Å². The van der Waals surface area contributed by atoms with E-state index in [9.17, 15) is 0 Å². The van der Waals surface area contributed by atoms with E-state index in [1.54, 1.807) is 7.11 Å². The topological polar surface area (TPSA) is 59.6 Å². The summed E-state index contributed by atoms with van der Waals surface area (Å²) < 4.78 is 5.31. The van der Waals surface area contributed by atoms with Gasteiger partial charge in [0.15, 0.2) is 5.96 Å². The molecule has 0 aliphatic carbocycles. The van der Waals surface area contributed by atoms with E-state index in [1.807, 2.05) is 36.4 Å². The van der Waals surface area contributed by atoms with Crippen LogP contribution in [0.1, 0.15) is 37.3 Å². The number of ether oxygens (including phenoxy) is 1. The first-order valence-corrected chi connectivity index (χ1v) is 7.92. The number of guanidine groups is 1. The van der Waals surface area contributed by atoms with Gasteiger partial charge in [-0.05, 0) is 36.1 Å². The van der Waals surface area contributed by atoms with Gasteiger partial charge in [-0.1, -0.05) is 44.2 Å². The van der Waals surface area contributed by atoms with Gasteiger partial charge in [-0.3, -0.25) is 0 Å².